The quantitative estimate of drug-likeness (QED) is 0.795. The van der Waals surface area contributed by atoms with Gasteiger partial charge in [0.25, 0.3) is 0 Å². The number of halogens is 3. The molecule has 2 atom stereocenters. The number of hydrogen-bond acceptors (Lipinski definition) is 2. The standard InChI is InChI=1S/C12H13F3OS/c1-16-9-4-2-8(3-5-9)11-10(6-7-17-11)12(13,14)15/h2-5,10-11H,6-7H2,1H3/t10-,11+/m1/s1. The third-order valence-corrected chi connectivity index (χ3v) is 4.39. The second-order valence-electron chi connectivity index (χ2n) is 4.00. The van der Waals surface area contributed by atoms with Crippen molar-refractivity contribution in [2.75, 3.05) is 12.9 Å². The lowest BCUT2D eigenvalue weighted by atomic mass is 9.96. The first-order valence-electron chi connectivity index (χ1n) is 5.34. The van der Waals surface area contributed by atoms with Crippen molar-refractivity contribution in [3.05, 3.63) is 29.8 Å². The van der Waals surface area contributed by atoms with Crippen LogP contribution in [0.25, 0.3) is 0 Å². The van der Waals surface area contributed by atoms with Crippen molar-refractivity contribution in [3.8, 4) is 5.75 Å². The molecule has 1 aromatic rings. The molecule has 1 aromatic carbocycles. The van der Waals surface area contributed by atoms with Gasteiger partial charge < -0.3 is 4.74 Å². The maximum Gasteiger partial charge on any atom is 0.393 e. The third-order valence-electron chi connectivity index (χ3n) is 2.96. The van der Waals surface area contributed by atoms with E-state index in [1.165, 1.54) is 18.9 Å². The van der Waals surface area contributed by atoms with Gasteiger partial charge in [-0.05, 0) is 29.9 Å². The maximum absolute atomic E-state index is 12.8. The van der Waals surface area contributed by atoms with E-state index in [0.717, 1.165) is 5.56 Å². The van der Waals surface area contributed by atoms with Crippen LogP contribution in [0.3, 0.4) is 0 Å². The molecule has 0 bridgehead atoms. The largest absolute Gasteiger partial charge is 0.497 e. The van der Waals surface area contributed by atoms with Crippen LogP contribution in [-0.2, 0) is 0 Å². The van der Waals surface area contributed by atoms with Gasteiger partial charge in [-0.3, -0.25) is 0 Å². The summed E-state index contributed by atoms with van der Waals surface area (Å²) in [6, 6.07) is 6.87. The van der Waals surface area contributed by atoms with Crippen molar-refractivity contribution in [1.82, 2.24) is 0 Å². The van der Waals surface area contributed by atoms with Gasteiger partial charge in [0.15, 0.2) is 0 Å². The number of methoxy groups -OCH3 is 1. The lowest BCUT2D eigenvalue weighted by Gasteiger charge is -2.21. The molecule has 94 valence electrons. The fourth-order valence-corrected chi connectivity index (χ4v) is 3.56. The molecule has 0 saturated carbocycles. The van der Waals surface area contributed by atoms with Gasteiger partial charge in [-0.1, -0.05) is 12.1 Å². The van der Waals surface area contributed by atoms with Gasteiger partial charge in [-0.25, -0.2) is 0 Å². The topological polar surface area (TPSA) is 9.23 Å². The van der Waals surface area contributed by atoms with E-state index in [-0.39, 0.29) is 6.42 Å². The van der Waals surface area contributed by atoms with E-state index >= 15 is 0 Å². The van der Waals surface area contributed by atoms with Crippen LogP contribution < -0.4 is 4.74 Å². The zero-order chi connectivity index (χ0) is 12.5. The molecule has 0 aromatic heterocycles. The van der Waals surface area contributed by atoms with E-state index in [4.69, 9.17) is 4.74 Å². The number of thioether (sulfide) groups is 1. The maximum atomic E-state index is 12.8. The number of rotatable bonds is 2. The van der Waals surface area contributed by atoms with Crippen molar-refractivity contribution in [1.29, 1.82) is 0 Å². The fraction of sp³-hybridized carbons (Fsp3) is 0.500. The van der Waals surface area contributed by atoms with Crippen molar-refractivity contribution in [2.45, 2.75) is 17.8 Å². The van der Waals surface area contributed by atoms with E-state index in [0.29, 0.717) is 11.5 Å². The van der Waals surface area contributed by atoms with Crippen LogP contribution in [0.15, 0.2) is 24.3 Å². The summed E-state index contributed by atoms with van der Waals surface area (Å²) < 4.78 is 43.4. The monoisotopic (exact) mass is 262 g/mol. The summed E-state index contributed by atoms with van der Waals surface area (Å²) in [6.45, 7) is 0. The summed E-state index contributed by atoms with van der Waals surface area (Å²) in [6.07, 6.45) is -3.89. The van der Waals surface area contributed by atoms with Crippen LogP contribution >= 0.6 is 11.8 Å². The Kier molecular flexibility index (Phi) is 3.56. The lowest BCUT2D eigenvalue weighted by Crippen LogP contribution is -2.24. The van der Waals surface area contributed by atoms with Crippen LogP contribution in [0.1, 0.15) is 17.2 Å². The van der Waals surface area contributed by atoms with Crippen LogP contribution in [-0.4, -0.2) is 19.0 Å². The highest BCUT2D eigenvalue weighted by Gasteiger charge is 2.47. The van der Waals surface area contributed by atoms with Gasteiger partial charge in [-0.15, -0.1) is 0 Å². The molecule has 5 heteroatoms. The minimum atomic E-state index is -4.10. The van der Waals surface area contributed by atoms with Crippen LogP contribution in [0.5, 0.6) is 5.75 Å². The first-order valence-corrected chi connectivity index (χ1v) is 6.39. The minimum Gasteiger partial charge on any atom is -0.497 e. The Labute approximate surface area is 102 Å². The number of ether oxygens (including phenoxy) is 1. The van der Waals surface area contributed by atoms with Crippen LogP contribution in [0.4, 0.5) is 13.2 Å². The molecular formula is C12H13F3OS. The number of alkyl halides is 3. The molecular weight excluding hydrogens is 249 g/mol. The van der Waals surface area contributed by atoms with Crippen molar-refractivity contribution < 1.29 is 17.9 Å². The Morgan fingerprint density at radius 2 is 1.88 bits per heavy atom. The second-order valence-corrected chi connectivity index (χ2v) is 5.25. The summed E-state index contributed by atoms with van der Waals surface area (Å²) in [5.41, 5.74) is 0.732. The summed E-state index contributed by atoms with van der Waals surface area (Å²) >= 11 is 1.38. The molecule has 17 heavy (non-hydrogen) atoms. The molecule has 1 aliphatic rings. The Bertz CT molecular complexity index is 374. The normalized spacial score (nSPS) is 24.9. The zero-order valence-electron chi connectivity index (χ0n) is 9.33. The van der Waals surface area contributed by atoms with Gasteiger partial charge in [0.2, 0.25) is 0 Å². The molecule has 0 amide bonds. The van der Waals surface area contributed by atoms with E-state index in [1.807, 2.05) is 0 Å². The van der Waals surface area contributed by atoms with Crippen LogP contribution in [0.2, 0.25) is 0 Å². The highest BCUT2D eigenvalue weighted by Crippen LogP contribution is 2.51. The SMILES string of the molecule is COc1ccc([C@@H]2SCC[C@H]2C(F)(F)F)cc1. The molecule has 0 unspecified atom stereocenters. The van der Waals surface area contributed by atoms with Gasteiger partial charge in [0.05, 0.1) is 13.0 Å². The van der Waals surface area contributed by atoms with Gasteiger partial charge in [0, 0.05) is 5.25 Å². The average Bonchev–Trinajstić information content (AvgIpc) is 2.78. The van der Waals surface area contributed by atoms with E-state index in [9.17, 15) is 13.2 Å². The summed E-state index contributed by atoms with van der Waals surface area (Å²) in [4.78, 5) is 0. The molecule has 1 saturated heterocycles. The molecule has 1 heterocycles. The molecule has 1 aliphatic heterocycles. The molecule has 1 nitrogen and oxygen atoms in total. The first-order chi connectivity index (χ1) is 8.02. The molecule has 0 radical (unpaired) electrons. The molecule has 0 spiro atoms. The second kappa shape index (κ2) is 4.80. The highest BCUT2D eigenvalue weighted by atomic mass is 32.2. The van der Waals surface area contributed by atoms with Crippen LogP contribution in [0, 0.1) is 5.92 Å². The summed E-state index contributed by atoms with van der Waals surface area (Å²) in [5, 5.41) is -0.471. The van der Waals surface area contributed by atoms with Gasteiger partial charge in [0.1, 0.15) is 5.75 Å². The molecule has 0 aliphatic carbocycles. The minimum absolute atomic E-state index is 0.213. The lowest BCUT2D eigenvalue weighted by molar-refractivity contribution is -0.173. The van der Waals surface area contributed by atoms with Crippen molar-refractivity contribution >= 4 is 11.8 Å². The van der Waals surface area contributed by atoms with Crippen molar-refractivity contribution in [2.24, 2.45) is 5.92 Å². The highest BCUT2D eigenvalue weighted by molar-refractivity contribution is 7.99. The van der Waals surface area contributed by atoms with Crippen molar-refractivity contribution in [3.63, 3.8) is 0 Å². The number of hydrogen-bond donors (Lipinski definition) is 0. The fourth-order valence-electron chi connectivity index (χ4n) is 2.05. The summed E-state index contributed by atoms with van der Waals surface area (Å²) in [7, 11) is 1.54. The summed E-state index contributed by atoms with van der Waals surface area (Å²) in [5.74, 6) is 0.0159. The Morgan fingerprint density at radius 1 is 1.24 bits per heavy atom. The Balaban J connectivity index is 2.20. The third kappa shape index (κ3) is 2.70. The Hall–Kier alpha value is -0.840. The van der Waals surface area contributed by atoms with E-state index in [2.05, 4.69) is 0 Å². The molecule has 1 fully saturated rings. The van der Waals surface area contributed by atoms with E-state index in [1.54, 1.807) is 24.3 Å². The molecule has 2 rings (SSSR count). The zero-order valence-corrected chi connectivity index (χ0v) is 10.1. The number of benzene rings is 1. The van der Waals surface area contributed by atoms with E-state index < -0.39 is 17.3 Å². The predicted molar refractivity (Wildman–Crippen MR) is 62.4 cm³/mol. The predicted octanol–water partition coefficient (Wildman–Crippen LogP) is 4.05. The Morgan fingerprint density at radius 3 is 2.41 bits per heavy atom. The first kappa shape index (κ1) is 12.6. The van der Waals surface area contributed by atoms with Gasteiger partial charge in [-0.2, -0.15) is 24.9 Å². The molecule has 0 N–H and O–H groups in total. The van der Waals surface area contributed by atoms with Gasteiger partial charge >= 0.3 is 6.18 Å². The average molecular weight is 262 g/mol. The smallest absolute Gasteiger partial charge is 0.393 e.